The Balaban J connectivity index is 1.46. The highest BCUT2D eigenvalue weighted by Crippen LogP contribution is 2.44. The van der Waals surface area contributed by atoms with Crippen LogP contribution in [0.15, 0.2) is 47.5 Å². The molecule has 0 aromatic heterocycles. The molecule has 0 bridgehead atoms. The van der Waals surface area contributed by atoms with Crippen LogP contribution in [0.4, 0.5) is 11.4 Å². The van der Waals surface area contributed by atoms with Crippen molar-refractivity contribution in [3.05, 3.63) is 59.2 Å². The zero-order chi connectivity index (χ0) is 23.2. The second-order valence-corrected chi connectivity index (χ2v) is 9.19. The third-order valence-electron chi connectivity index (χ3n) is 5.87. The van der Waals surface area contributed by atoms with E-state index in [1.807, 2.05) is 42.5 Å². The van der Waals surface area contributed by atoms with Gasteiger partial charge < -0.3 is 16.0 Å². The van der Waals surface area contributed by atoms with Crippen LogP contribution >= 0.6 is 0 Å². The number of carbonyl (C=O) groups is 2. The lowest BCUT2D eigenvalue weighted by atomic mass is 10.0. The molecular weight excluding hydrogens is 414 g/mol. The van der Waals surface area contributed by atoms with Gasteiger partial charge in [-0.15, -0.1) is 0 Å². The Morgan fingerprint density at radius 3 is 2.64 bits per heavy atom. The molecule has 4 rings (SSSR count). The SMILES string of the molecule is CC(C)CCNC(=O)c1cccc(Nc2ccc(C(=O)NC3=NCCCN3)cc2C2CC2)c1. The molecule has 0 spiro atoms. The third kappa shape index (κ3) is 6.34. The fourth-order valence-corrected chi connectivity index (χ4v) is 3.82. The maximum Gasteiger partial charge on any atom is 0.257 e. The first kappa shape index (κ1) is 22.8. The molecule has 1 aliphatic heterocycles. The van der Waals surface area contributed by atoms with E-state index in [2.05, 4.69) is 40.1 Å². The molecule has 1 fully saturated rings. The minimum Gasteiger partial charge on any atom is -0.356 e. The summed E-state index contributed by atoms with van der Waals surface area (Å²) in [4.78, 5) is 29.5. The van der Waals surface area contributed by atoms with Crippen LogP contribution in [0.25, 0.3) is 0 Å². The molecule has 7 heteroatoms. The maximum absolute atomic E-state index is 12.7. The number of guanidine groups is 1. The van der Waals surface area contributed by atoms with Crippen molar-refractivity contribution in [3.8, 4) is 0 Å². The van der Waals surface area contributed by atoms with Gasteiger partial charge in [-0.3, -0.25) is 19.9 Å². The topological polar surface area (TPSA) is 94.6 Å². The highest BCUT2D eigenvalue weighted by Gasteiger charge is 2.27. The summed E-state index contributed by atoms with van der Waals surface area (Å²) in [5, 5.41) is 12.4. The van der Waals surface area contributed by atoms with E-state index in [1.54, 1.807) is 0 Å². The van der Waals surface area contributed by atoms with E-state index in [0.717, 1.165) is 55.7 Å². The highest BCUT2D eigenvalue weighted by molar-refractivity contribution is 6.06. The van der Waals surface area contributed by atoms with Gasteiger partial charge in [0.2, 0.25) is 0 Å². The summed E-state index contributed by atoms with van der Waals surface area (Å²) in [7, 11) is 0. The molecular formula is C26H33N5O2. The monoisotopic (exact) mass is 447 g/mol. The van der Waals surface area contributed by atoms with Gasteiger partial charge >= 0.3 is 0 Å². The van der Waals surface area contributed by atoms with Gasteiger partial charge in [0.1, 0.15) is 0 Å². The van der Waals surface area contributed by atoms with Gasteiger partial charge in [0.05, 0.1) is 0 Å². The summed E-state index contributed by atoms with van der Waals surface area (Å²) in [6, 6.07) is 13.3. The second kappa shape index (κ2) is 10.5. The van der Waals surface area contributed by atoms with Gasteiger partial charge in [0.15, 0.2) is 5.96 Å². The van der Waals surface area contributed by atoms with E-state index in [-0.39, 0.29) is 11.8 Å². The van der Waals surface area contributed by atoms with Crippen LogP contribution in [-0.2, 0) is 0 Å². The lowest BCUT2D eigenvalue weighted by Crippen LogP contribution is -2.43. The molecule has 0 atom stereocenters. The van der Waals surface area contributed by atoms with Crippen molar-refractivity contribution in [2.24, 2.45) is 10.9 Å². The third-order valence-corrected chi connectivity index (χ3v) is 5.87. The summed E-state index contributed by atoms with van der Waals surface area (Å²) < 4.78 is 0. The van der Waals surface area contributed by atoms with Crippen LogP contribution in [0.1, 0.15) is 71.7 Å². The van der Waals surface area contributed by atoms with Gasteiger partial charge in [0, 0.05) is 42.1 Å². The summed E-state index contributed by atoms with van der Waals surface area (Å²) in [5.74, 6) is 1.33. The van der Waals surface area contributed by atoms with E-state index >= 15 is 0 Å². The molecule has 2 amide bonds. The first-order valence-electron chi connectivity index (χ1n) is 11.9. The molecule has 1 aliphatic carbocycles. The summed E-state index contributed by atoms with van der Waals surface area (Å²) >= 11 is 0. The van der Waals surface area contributed by atoms with Crippen LogP contribution < -0.4 is 21.3 Å². The van der Waals surface area contributed by atoms with Crippen molar-refractivity contribution < 1.29 is 9.59 Å². The zero-order valence-corrected chi connectivity index (χ0v) is 19.4. The average Bonchev–Trinajstić information content (AvgIpc) is 3.65. The lowest BCUT2D eigenvalue weighted by Gasteiger charge is -2.17. The largest absolute Gasteiger partial charge is 0.356 e. The summed E-state index contributed by atoms with van der Waals surface area (Å²) in [5.41, 5.74) is 4.21. The van der Waals surface area contributed by atoms with Crippen LogP contribution in [0.5, 0.6) is 0 Å². The first-order chi connectivity index (χ1) is 16.0. The molecule has 33 heavy (non-hydrogen) atoms. The quantitative estimate of drug-likeness (QED) is 0.489. The zero-order valence-electron chi connectivity index (χ0n) is 19.4. The predicted octanol–water partition coefficient (Wildman–Crippen LogP) is 4.16. The maximum atomic E-state index is 12.7. The van der Waals surface area contributed by atoms with Crippen molar-refractivity contribution in [1.29, 1.82) is 0 Å². The average molecular weight is 448 g/mol. The van der Waals surface area contributed by atoms with Crippen LogP contribution in [0, 0.1) is 5.92 Å². The Bertz CT molecular complexity index is 1040. The van der Waals surface area contributed by atoms with Crippen molar-refractivity contribution in [1.82, 2.24) is 16.0 Å². The lowest BCUT2D eigenvalue weighted by molar-refractivity contribution is 0.0949. The van der Waals surface area contributed by atoms with Gasteiger partial charge in [-0.25, -0.2) is 0 Å². The molecule has 2 aliphatic rings. The number of hydrogen-bond donors (Lipinski definition) is 4. The predicted molar refractivity (Wildman–Crippen MR) is 132 cm³/mol. The molecule has 0 saturated heterocycles. The standard InChI is InChI=1S/C26H33N5O2/c1-17(2)11-14-27-24(32)19-5-3-6-21(15-19)30-23-10-9-20(16-22(23)18-7-8-18)25(33)31-26-28-12-4-13-29-26/h3,5-6,9-10,15-18,30H,4,7-8,11-14H2,1-2H3,(H,27,32)(H2,28,29,31,33). The number of benzene rings is 2. The molecule has 1 saturated carbocycles. The number of carbonyl (C=O) groups excluding carboxylic acids is 2. The number of nitrogens with zero attached hydrogens (tertiary/aromatic N) is 1. The normalized spacial score (nSPS) is 15.4. The van der Waals surface area contributed by atoms with Crippen LogP contribution in [-0.4, -0.2) is 37.4 Å². The Morgan fingerprint density at radius 1 is 1.09 bits per heavy atom. The second-order valence-electron chi connectivity index (χ2n) is 9.19. The van der Waals surface area contributed by atoms with Crippen molar-refractivity contribution in [2.75, 3.05) is 25.0 Å². The smallest absolute Gasteiger partial charge is 0.257 e. The first-order valence-corrected chi connectivity index (χ1v) is 11.9. The minimum absolute atomic E-state index is 0.0621. The van der Waals surface area contributed by atoms with Crippen LogP contribution in [0.2, 0.25) is 0 Å². The number of hydrogen-bond acceptors (Lipinski definition) is 5. The number of anilines is 2. The summed E-state index contributed by atoms with van der Waals surface area (Å²) in [6.45, 7) is 6.51. The molecule has 2 aromatic rings. The number of aliphatic imine (C=N–C) groups is 1. The van der Waals surface area contributed by atoms with Gasteiger partial charge in [-0.05, 0) is 79.5 Å². The highest BCUT2D eigenvalue weighted by atomic mass is 16.2. The van der Waals surface area contributed by atoms with E-state index in [1.165, 1.54) is 0 Å². The van der Waals surface area contributed by atoms with Gasteiger partial charge in [-0.1, -0.05) is 19.9 Å². The Morgan fingerprint density at radius 2 is 1.91 bits per heavy atom. The van der Waals surface area contributed by atoms with E-state index in [9.17, 15) is 9.59 Å². The molecule has 0 radical (unpaired) electrons. The molecule has 2 aromatic carbocycles. The van der Waals surface area contributed by atoms with E-state index in [0.29, 0.717) is 35.5 Å². The number of rotatable bonds is 8. The van der Waals surface area contributed by atoms with Crippen molar-refractivity contribution in [2.45, 2.75) is 45.4 Å². The molecule has 4 N–H and O–H groups in total. The molecule has 7 nitrogen and oxygen atoms in total. The molecule has 174 valence electrons. The van der Waals surface area contributed by atoms with Crippen LogP contribution in [0.3, 0.4) is 0 Å². The Labute approximate surface area is 195 Å². The number of nitrogens with one attached hydrogen (secondary N) is 4. The number of amides is 2. The Kier molecular flexibility index (Phi) is 7.27. The molecule has 0 unspecified atom stereocenters. The van der Waals surface area contributed by atoms with Crippen molar-refractivity contribution in [3.63, 3.8) is 0 Å². The van der Waals surface area contributed by atoms with Crippen molar-refractivity contribution >= 4 is 29.1 Å². The Hall–Kier alpha value is -3.35. The van der Waals surface area contributed by atoms with E-state index in [4.69, 9.17) is 0 Å². The minimum atomic E-state index is -0.156. The molecule has 1 heterocycles. The van der Waals surface area contributed by atoms with E-state index < -0.39 is 0 Å². The fourth-order valence-electron chi connectivity index (χ4n) is 3.82. The van der Waals surface area contributed by atoms with Gasteiger partial charge in [-0.2, -0.15) is 0 Å². The fraction of sp³-hybridized carbons (Fsp3) is 0.423. The van der Waals surface area contributed by atoms with Gasteiger partial charge in [0.25, 0.3) is 11.8 Å². The summed E-state index contributed by atoms with van der Waals surface area (Å²) in [6.07, 6.45) is 4.17.